The van der Waals surface area contributed by atoms with E-state index in [1.54, 1.807) is 6.20 Å². The van der Waals surface area contributed by atoms with Crippen LogP contribution >= 0.6 is 0 Å². The third-order valence-electron chi connectivity index (χ3n) is 8.82. The third kappa shape index (κ3) is 4.98. The van der Waals surface area contributed by atoms with E-state index in [-0.39, 0.29) is 0 Å². The van der Waals surface area contributed by atoms with E-state index in [1.165, 1.54) is 33.4 Å². The Morgan fingerprint density at radius 1 is 0.553 bits per heavy atom. The Hall–Kier alpha value is -5.89. The average Bonchev–Trinajstić information content (AvgIpc) is 3.84. The number of nitrogens with one attached hydrogen (secondary N) is 2. The van der Waals surface area contributed by atoms with E-state index in [2.05, 4.69) is 93.0 Å². The van der Waals surface area contributed by atoms with Gasteiger partial charge in [-0.15, -0.1) is 0 Å². The fourth-order valence-corrected chi connectivity index (χ4v) is 7.13. The molecule has 0 radical (unpaired) electrons. The van der Waals surface area contributed by atoms with Crippen molar-refractivity contribution < 1.29 is 0 Å². The molecule has 0 amide bonds. The van der Waals surface area contributed by atoms with Gasteiger partial charge in [-0.1, -0.05) is 35.4 Å². The molecule has 2 N–H and O–H groups in total. The molecule has 230 valence electrons. The van der Waals surface area contributed by atoms with E-state index >= 15 is 0 Å². The number of nitrogens with zero attached hydrogens (tertiary/aromatic N) is 6. The molecule has 4 aromatic heterocycles. The van der Waals surface area contributed by atoms with Crippen LogP contribution in [0.2, 0.25) is 0 Å². The normalized spacial score (nSPS) is 12.3. The fourth-order valence-electron chi connectivity index (χ4n) is 7.13. The summed E-state index contributed by atoms with van der Waals surface area (Å²) in [5, 5.41) is 4.57. The van der Waals surface area contributed by atoms with Gasteiger partial charge in [0.05, 0.1) is 16.9 Å². The van der Waals surface area contributed by atoms with Crippen LogP contribution in [0.1, 0.15) is 56.4 Å². The first-order valence-corrected chi connectivity index (χ1v) is 15.8. The number of aryl methyl sites for hydroxylation is 6. The molecule has 2 aromatic carbocycles. The highest BCUT2D eigenvalue weighted by Gasteiger charge is 2.19. The van der Waals surface area contributed by atoms with E-state index in [1.807, 2.05) is 47.3 Å². The molecule has 0 fully saturated rings. The van der Waals surface area contributed by atoms with Crippen molar-refractivity contribution in [1.82, 2.24) is 39.7 Å². The van der Waals surface area contributed by atoms with Crippen LogP contribution in [0, 0.1) is 41.5 Å². The second-order valence-corrected chi connectivity index (χ2v) is 12.5. The Bertz CT molecular complexity index is 2430. The summed E-state index contributed by atoms with van der Waals surface area (Å²) in [7, 11) is 0. The lowest BCUT2D eigenvalue weighted by molar-refractivity contribution is 0.885. The van der Waals surface area contributed by atoms with Gasteiger partial charge >= 0.3 is 0 Å². The van der Waals surface area contributed by atoms with Crippen molar-refractivity contribution >= 4 is 46.6 Å². The number of hydrogen-bond acceptors (Lipinski definition) is 5. The van der Waals surface area contributed by atoms with Gasteiger partial charge in [-0.2, -0.15) is 5.10 Å². The van der Waals surface area contributed by atoms with E-state index in [4.69, 9.17) is 19.9 Å². The number of benzene rings is 2. The number of aromatic nitrogens is 8. The number of fused-ring (bicyclic) bond motifs is 8. The van der Waals surface area contributed by atoms with Gasteiger partial charge in [0.1, 0.15) is 11.3 Å². The lowest BCUT2D eigenvalue weighted by atomic mass is 9.92. The Kier molecular flexibility index (Phi) is 6.61. The lowest BCUT2D eigenvalue weighted by Gasteiger charge is -2.13. The van der Waals surface area contributed by atoms with Gasteiger partial charge in [0, 0.05) is 29.0 Å². The second-order valence-electron chi connectivity index (χ2n) is 12.5. The topological polar surface area (TPSA) is 101 Å². The van der Waals surface area contributed by atoms with Crippen LogP contribution in [0.25, 0.3) is 74.6 Å². The van der Waals surface area contributed by atoms with Crippen molar-refractivity contribution in [2.24, 2.45) is 0 Å². The highest BCUT2D eigenvalue weighted by molar-refractivity contribution is 5.95. The molecule has 8 nitrogen and oxygen atoms in total. The van der Waals surface area contributed by atoms with Gasteiger partial charge in [0.2, 0.25) is 0 Å². The van der Waals surface area contributed by atoms with Crippen molar-refractivity contribution in [2.75, 3.05) is 0 Å². The van der Waals surface area contributed by atoms with Crippen LogP contribution in [0.3, 0.4) is 0 Å². The van der Waals surface area contributed by atoms with Gasteiger partial charge in [0.25, 0.3) is 0 Å². The van der Waals surface area contributed by atoms with Crippen LogP contribution in [-0.4, -0.2) is 39.7 Å². The highest BCUT2D eigenvalue weighted by atomic mass is 15.3. The van der Waals surface area contributed by atoms with Crippen LogP contribution in [0.15, 0.2) is 60.9 Å². The quantitative estimate of drug-likeness (QED) is 0.207. The van der Waals surface area contributed by atoms with Crippen molar-refractivity contribution in [1.29, 1.82) is 0 Å². The molecule has 0 atom stereocenters. The smallest absolute Gasteiger partial charge is 0.159 e. The highest BCUT2D eigenvalue weighted by Crippen LogP contribution is 2.37. The molecule has 0 spiro atoms. The van der Waals surface area contributed by atoms with Crippen molar-refractivity contribution in [3.05, 3.63) is 117 Å². The summed E-state index contributed by atoms with van der Waals surface area (Å²) in [6.45, 7) is 12.9. The van der Waals surface area contributed by atoms with Gasteiger partial charge < -0.3 is 9.97 Å². The first-order valence-electron chi connectivity index (χ1n) is 15.8. The van der Waals surface area contributed by atoms with Crippen molar-refractivity contribution in [3.8, 4) is 27.9 Å². The number of H-pyrrole nitrogens is 2. The molecule has 47 heavy (non-hydrogen) atoms. The molecular weight excluding hydrogens is 580 g/mol. The Labute approximate surface area is 272 Å². The summed E-state index contributed by atoms with van der Waals surface area (Å²) in [5.74, 6) is 1.23. The molecule has 0 saturated heterocycles. The molecule has 8 bridgehead atoms. The zero-order valence-corrected chi connectivity index (χ0v) is 27.3. The molecule has 0 unspecified atom stereocenters. The summed E-state index contributed by atoms with van der Waals surface area (Å²) >= 11 is 0. The molecule has 2 aliphatic heterocycles. The van der Waals surface area contributed by atoms with Crippen LogP contribution in [0.5, 0.6) is 0 Å². The van der Waals surface area contributed by atoms with Gasteiger partial charge in [0.15, 0.2) is 17.3 Å². The molecule has 2 aliphatic rings. The SMILES string of the molecule is Cc1cc(C)c(-c2c3nc(nc4[nH]c(cc4-n4cccn4)c(-c4c(C)cc(C)cc4C)c4nc(nc5ccc2[nH]5)C=C4)C=C3)c(C)c1. The number of hydrogen-bond donors (Lipinski definition) is 2. The minimum Gasteiger partial charge on any atom is -0.340 e. The second kappa shape index (κ2) is 10.9. The number of rotatable bonds is 3. The monoisotopic (exact) mass is 614 g/mol. The Morgan fingerprint density at radius 3 is 1.70 bits per heavy atom. The minimum absolute atomic E-state index is 0.600. The Balaban J connectivity index is 1.53. The van der Waals surface area contributed by atoms with Gasteiger partial charge in [-0.25, -0.2) is 24.6 Å². The van der Waals surface area contributed by atoms with Crippen molar-refractivity contribution in [2.45, 2.75) is 41.5 Å². The molecule has 6 aromatic rings. The molecule has 0 saturated carbocycles. The predicted molar refractivity (Wildman–Crippen MR) is 191 cm³/mol. The minimum atomic E-state index is 0.600. The fraction of sp³-hybridized carbons (Fsp3) is 0.154. The van der Waals surface area contributed by atoms with Crippen LogP contribution in [0.4, 0.5) is 0 Å². The average molecular weight is 615 g/mol. The summed E-state index contributed by atoms with van der Waals surface area (Å²) in [5.41, 5.74) is 17.1. The van der Waals surface area contributed by atoms with E-state index in [9.17, 15) is 0 Å². The lowest BCUT2D eigenvalue weighted by Crippen LogP contribution is -1.95. The van der Waals surface area contributed by atoms with Crippen LogP contribution in [-0.2, 0) is 0 Å². The van der Waals surface area contributed by atoms with Crippen LogP contribution < -0.4 is 0 Å². The van der Waals surface area contributed by atoms with E-state index in [0.29, 0.717) is 17.3 Å². The summed E-state index contributed by atoms with van der Waals surface area (Å²) in [6.07, 6.45) is 11.7. The first kappa shape index (κ1) is 28.6. The summed E-state index contributed by atoms with van der Waals surface area (Å²) in [4.78, 5) is 27.4. The molecule has 8 rings (SSSR count). The van der Waals surface area contributed by atoms with Gasteiger partial charge in [-0.05, 0) is 123 Å². The predicted octanol–water partition coefficient (Wildman–Crippen LogP) is 8.82. The zero-order chi connectivity index (χ0) is 32.4. The standard InChI is InChI=1S/C39H34N8/c1-21-16-23(3)35(24(4)17-21)37-27-8-11-32(41-27)45-33-12-9-29(42-33)38(36-25(5)18-22(2)19-26(36)6)30-20-31(47-15-7-14-40-47)39(44-30)46-34-13-10-28(37)43-34/h7-20H,1-6H3,(H,41,42,45)(H,43,44,46). The Morgan fingerprint density at radius 2 is 1.13 bits per heavy atom. The van der Waals surface area contributed by atoms with E-state index < -0.39 is 0 Å². The molecule has 0 aliphatic carbocycles. The zero-order valence-electron chi connectivity index (χ0n) is 27.3. The summed E-state index contributed by atoms with van der Waals surface area (Å²) < 4.78 is 1.83. The van der Waals surface area contributed by atoms with Gasteiger partial charge in [-0.3, -0.25) is 0 Å². The van der Waals surface area contributed by atoms with E-state index in [0.717, 1.165) is 56.0 Å². The maximum absolute atomic E-state index is 5.10. The summed E-state index contributed by atoms with van der Waals surface area (Å²) in [6, 6.07) is 16.9. The number of aromatic amines is 2. The largest absolute Gasteiger partial charge is 0.340 e. The molecule has 8 heteroatoms. The maximum atomic E-state index is 5.10. The molecular formula is C39H34N8. The maximum Gasteiger partial charge on any atom is 0.159 e. The first-order chi connectivity index (χ1) is 22.7. The third-order valence-corrected chi connectivity index (χ3v) is 8.82. The van der Waals surface area contributed by atoms with Crippen molar-refractivity contribution in [3.63, 3.8) is 0 Å². The molecule has 6 heterocycles.